The molecule has 4 aromatic rings. The van der Waals surface area contributed by atoms with Gasteiger partial charge in [0.05, 0.1) is 17.8 Å². The number of carbonyl (C=O) groups excluding carboxylic acids is 2. The minimum Gasteiger partial charge on any atom is -0.422 e. The highest BCUT2D eigenvalue weighted by Gasteiger charge is 2.27. The lowest BCUT2D eigenvalue weighted by Crippen LogP contribution is -2.37. The molecule has 2 amide bonds. The van der Waals surface area contributed by atoms with E-state index in [0.717, 1.165) is 10.6 Å². The highest BCUT2D eigenvalue weighted by molar-refractivity contribution is 7.16. The molecule has 0 spiro atoms. The number of anilines is 1. The monoisotopic (exact) mass is 437 g/mol. The van der Waals surface area contributed by atoms with Crippen LogP contribution < -0.4 is 10.9 Å². The third kappa shape index (κ3) is 3.42. The van der Waals surface area contributed by atoms with Gasteiger partial charge in [-0.05, 0) is 23.6 Å². The SMILES string of the molecule is O=C(Nc1nc2c(s1)CN(C(=O)c1cc3ccccc3oc1=O)CC2)c1ccsc1. The summed E-state index contributed by atoms with van der Waals surface area (Å²) in [6, 6.07) is 10.4. The van der Waals surface area contributed by atoms with Crippen LogP contribution in [-0.2, 0) is 13.0 Å². The van der Waals surface area contributed by atoms with Crippen LogP contribution in [-0.4, -0.2) is 28.2 Å². The van der Waals surface area contributed by atoms with Crippen LogP contribution in [0.3, 0.4) is 0 Å². The first-order valence-corrected chi connectivity index (χ1v) is 11.0. The second-order valence-corrected chi connectivity index (χ2v) is 8.68. The third-order valence-corrected chi connectivity index (χ3v) is 6.58. The van der Waals surface area contributed by atoms with Gasteiger partial charge < -0.3 is 9.32 Å². The lowest BCUT2D eigenvalue weighted by molar-refractivity contribution is 0.0732. The Morgan fingerprint density at radius 3 is 2.90 bits per heavy atom. The van der Waals surface area contributed by atoms with Crippen molar-refractivity contribution in [3.63, 3.8) is 0 Å². The fourth-order valence-corrected chi connectivity index (χ4v) is 5.02. The fourth-order valence-electron chi connectivity index (χ4n) is 3.37. The van der Waals surface area contributed by atoms with E-state index in [2.05, 4.69) is 10.3 Å². The second kappa shape index (κ2) is 7.51. The van der Waals surface area contributed by atoms with E-state index in [-0.39, 0.29) is 17.4 Å². The number of nitrogens with zero attached hydrogens (tertiary/aromatic N) is 2. The van der Waals surface area contributed by atoms with Gasteiger partial charge in [0, 0.05) is 28.6 Å². The van der Waals surface area contributed by atoms with E-state index in [4.69, 9.17) is 4.42 Å². The maximum atomic E-state index is 13.0. The van der Waals surface area contributed by atoms with Crippen molar-refractivity contribution in [3.8, 4) is 0 Å². The quantitative estimate of drug-likeness (QED) is 0.493. The maximum Gasteiger partial charge on any atom is 0.349 e. The number of fused-ring (bicyclic) bond motifs is 2. The number of nitrogens with one attached hydrogen (secondary N) is 1. The Labute approximate surface area is 178 Å². The molecule has 9 heteroatoms. The Hall–Kier alpha value is -3.30. The summed E-state index contributed by atoms with van der Waals surface area (Å²) in [5.41, 5.74) is 1.29. The Bertz CT molecular complexity index is 1320. The van der Waals surface area contributed by atoms with E-state index >= 15 is 0 Å². The summed E-state index contributed by atoms with van der Waals surface area (Å²) < 4.78 is 5.30. The van der Waals surface area contributed by atoms with E-state index < -0.39 is 5.63 Å². The molecule has 4 heterocycles. The highest BCUT2D eigenvalue weighted by Crippen LogP contribution is 2.29. The smallest absolute Gasteiger partial charge is 0.349 e. The number of hydrogen-bond donors (Lipinski definition) is 1. The predicted molar refractivity (Wildman–Crippen MR) is 115 cm³/mol. The van der Waals surface area contributed by atoms with E-state index in [1.54, 1.807) is 40.6 Å². The predicted octanol–water partition coefficient (Wildman–Crippen LogP) is 3.76. The van der Waals surface area contributed by atoms with Crippen molar-refractivity contribution < 1.29 is 14.0 Å². The molecule has 0 atom stereocenters. The largest absolute Gasteiger partial charge is 0.422 e. The summed E-state index contributed by atoms with van der Waals surface area (Å²) >= 11 is 2.80. The summed E-state index contributed by atoms with van der Waals surface area (Å²) in [5, 5.41) is 7.64. The van der Waals surface area contributed by atoms with Crippen molar-refractivity contribution in [1.82, 2.24) is 9.88 Å². The molecule has 5 rings (SSSR count). The van der Waals surface area contributed by atoms with Gasteiger partial charge >= 0.3 is 5.63 Å². The topological polar surface area (TPSA) is 92.5 Å². The third-order valence-electron chi connectivity index (χ3n) is 4.89. The van der Waals surface area contributed by atoms with Gasteiger partial charge in [0.25, 0.3) is 11.8 Å². The van der Waals surface area contributed by atoms with Crippen LogP contribution in [0.5, 0.6) is 0 Å². The van der Waals surface area contributed by atoms with Crippen LogP contribution in [0, 0.1) is 0 Å². The first-order chi connectivity index (χ1) is 14.6. The van der Waals surface area contributed by atoms with Crippen LogP contribution in [0.2, 0.25) is 0 Å². The van der Waals surface area contributed by atoms with Crippen molar-refractivity contribution in [3.05, 3.63) is 79.3 Å². The molecule has 0 unspecified atom stereocenters. The zero-order chi connectivity index (χ0) is 20.7. The van der Waals surface area contributed by atoms with Crippen LogP contribution in [0.1, 0.15) is 31.3 Å². The number of rotatable bonds is 3. The van der Waals surface area contributed by atoms with Crippen LogP contribution in [0.25, 0.3) is 11.0 Å². The minimum atomic E-state index is -0.641. The van der Waals surface area contributed by atoms with Crippen molar-refractivity contribution in [1.29, 1.82) is 0 Å². The van der Waals surface area contributed by atoms with Gasteiger partial charge in [0.15, 0.2) is 5.13 Å². The van der Waals surface area contributed by atoms with Crippen LogP contribution >= 0.6 is 22.7 Å². The zero-order valence-corrected chi connectivity index (χ0v) is 17.2. The van der Waals surface area contributed by atoms with Gasteiger partial charge in [-0.1, -0.05) is 29.5 Å². The molecular formula is C21H15N3O4S2. The lowest BCUT2D eigenvalue weighted by atomic mass is 10.1. The molecule has 3 aromatic heterocycles. The average Bonchev–Trinajstić information content (AvgIpc) is 3.41. The molecular weight excluding hydrogens is 422 g/mol. The van der Waals surface area contributed by atoms with Gasteiger partial charge in [-0.2, -0.15) is 11.3 Å². The number of thiophene rings is 1. The van der Waals surface area contributed by atoms with Crippen molar-refractivity contribution in [2.24, 2.45) is 0 Å². The van der Waals surface area contributed by atoms with E-state index in [9.17, 15) is 14.4 Å². The molecule has 0 aliphatic carbocycles. The fraction of sp³-hybridized carbons (Fsp3) is 0.143. The van der Waals surface area contributed by atoms with E-state index in [1.807, 2.05) is 11.4 Å². The molecule has 7 nitrogen and oxygen atoms in total. The van der Waals surface area contributed by atoms with E-state index in [1.165, 1.54) is 22.7 Å². The first-order valence-electron chi connectivity index (χ1n) is 9.23. The van der Waals surface area contributed by atoms with E-state index in [0.29, 0.717) is 41.2 Å². The molecule has 0 saturated carbocycles. The van der Waals surface area contributed by atoms with Crippen LogP contribution in [0.4, 0.5) is 5.13 Å². The number of hydrogen-bond acceptors (Lipinski definition) is 7. The summed E-state index contributed by atoms with van der Waals surface area (Å²) in [6.45, 7) is 0.784. The Morgan fingerprint density at radius 2 is 2.07 bits per heavy atom. The maximum absolute atomic E-state index is 13.0. The van der Waals surface area contributed by atoms with Gasteiger partial charge in [-0.3, -0.25) is 14.9 Å². The summed E-state index contributed by atoms with van der Waals surface area (Å²) in [5.74, 6) is -0.568. The highest BCUT2D eigenvalue weighted by atomic mass is 32.1. The first kappa shape index (κ1) is 18.7. The molecule has 150 valence electrons. The number of para-hydroxylation sites is 1. The Balaban J connectivity index is 1.36. The number of carbonyl (C=O) groups is 2. The van der Waals surface area contributed by atoms with Gasteiger partial charge in [0.1, 0.15) is 11.1 Å². The number of aromatic nitrogens is 1. The number of thiazole rings is 1. The summed E-state index contributed by atoms with van der Waals surface area (Å²) in [4.78, 5) is 44.6. The number of benzene rings is 1. The summed E-state index contributed by atoms with van der Waals surface area (Å²) in [7, 11) is 0. The molecule has 1 aliphatic heterocycles. The lowest BCUT2D eigenvalue weighted by Gasteiger charge is -2.25. The standard InChI is InChI=1S/C21H15N3O4S2/c25-18(13-6-8-29-11-13)23-21-22-15-5-7-24(10-17(15)30-21)19(26)14-9-12-3-1-2-4-16(12)28-20(14)27/h1-4,6,8-9,11H,5,7,10H2,(H,22,23,25). The second-order valence-electron chi connectivity index (χ2n) is 6.82. The molecule has 0 radical (unpaired) electrons. The van der Waals surface area contributed by atoms with Crippen molar-refractivity contribution in [2.45, 2.75) is 13.0 Å². The zero-order valence-electron chi connectivity index (χ0n) is 15.6. The molecule has 30 heavy (non-hydrogen) atoms. The summed E-state index contributed by atoms with van der Waals surface area (Å²) in [6.07, 6.45) is 0.560. The molecule has 1 aromatic carbocycles. The molecule has 0 bridgehead atoms. The average molecular weight is 438 g/mol. The normalized spacial score (nSPS) is 13.3. The van der Waals surface area contributed by atoms with Gasteiger partial charge in [-0.25, -0.2) is 9.78 Å². The van der Waals surface area contributed by atoms with Crippen molar-refractivity contribution in [2.75, 3.05) is 11.9 Å². The minimum absolute atomic E-state index is 0.0210. The Kier molecular flexibility index (Phi) is 4.68. The van der Waals surface area contributed by atoms with Crippen molar-refractivity contribution >= 4 is 50.6 Å². The number of amides is 2. The molecule has 1 aliphatic rings. The molecule has 0 fully saturated rings. The van der Waals surface area contributed by atoms with Crippen LogP contribution in [0.15, 0.2) is 56.4 Å². The molecule has 0 saturated heterocycles. The molecule has 1 N–H and O–H groups in total. The van der Waals surface area contributed by atoms with Gasteiger partial charge in [-0.15, -0.1) is 0 Å². The Morgan fingerprint density at radius 1 is 1.20 bits per heavy atom. The van der Waals surface area contributed by atoms with Gasteiger partial charge in [0.2, 0.25) is 0 Å².